The van der Waals surface area contributed by atoms with E-state index < -0.39 is 0 Å². The molecule has 12 rings (SSSR count). The van der Waals surface area contributed by atoms with Crippen LogP contribution in [0.25, 0.3) is 22.3 Å². The minimum atomic E-state index is -0.272. The van der Waals surface area contributed by atoms with Crippen molar-refractivity contribution in [2.45, 2.75) is 96.4 Å². The third-order valence-electron chi connectivity index (χ3n) is 16.3. The van der Waals surface area contributed by atoms with Gasteiger partial charge in [0.15, 0.2) is 0 Å². The Hall–Kier alpha value is -6.85. The SMILES string of the molecule is CC(C)(C)c1cccc(N2c3cc(C(C)(C)C)ccc3B3c4cc(-c5ccccc5)ccc4N(c4ccc(-c5ccccc5)cc4)c4cc(N5c6ccc(F)cc6C6(C)CCCC56C)cc2c43)c1. The molecule has 0 N–H and O–H groups in total. The molecule has 3 aliphatic heterocycles. The van der Waals surface area contributed by atoms with E-state index in [1.54, 1.807) is 6.07 Å². The summed E-state index contributed by atoms with van der Waals surface area (Å²) in [4.78, 5) is 7.73. The van der Waals surface area contributed by atoms with Gasteiger partial charge in [0.2, 0.25) is 0 Å². The van der Waals surface area contributed by atoms with Crippen LogP contribution < -0.4 is 31.1 Å². The maximum absolute atomic E-state index is 15.5. The van der Waals surface area contributed by atoms with Crippen LogP contribution in [-0.4, -0.2) is 12.3 Å². The zero-order valence-electron chi connectivity index (χ0n) is 40.7. The number of halogens is 1. The van der Waals surface area contributed by atoms with Gasteiger partial charge in [0.1, 0.15) is 5.82 Å². The Morgan fingerprint density at radius 2 is 1.06 bits per heavy atom. The molecule has 68 heavy (non-hydrogen) atoms. The van der Waals surface area contributed by atoms with Crippen LogP contribution in [0.4, 0.5) is 49.9 Å². The maximum atomic E-state index is 15.5. The molecule has 1 aliphatic carbocycles. The van der Waals surface area contributed by atoms with E-state index in [0.717, 1.165) is 53.3 Å². The third kappa shape index (κ3) is 6.37. The summed E-state index contributed by atoms with van der Waals surface area (Å²) in [7, 11) is 0. The molecule has 0 radical (unpaired) electrons. The second-order valence-corrected chi connectivity index (χ2v) is 22.3. The van der Waals surface area contributed by atoms with Crippen LogP contribution in [0.1, 0.15) is 91.3 Å². The van der Waals surface area contributed by atoms with Crippen LogP contribution in [0.2, 0.25) is 0 Å². The Morgan fingerprint density at radius 3 is 1.74 bits per heavy atom. The van der Waals surface area contributed by atoms with Crippen molar-refractivity contribution < 1.29 is 4.39 Å². The molecule has 2 unspecified atom stereocenters. The van der Waals surface area contributed by atoms with Gasteiger partial charge < -0.3 is 14.7 Å². The van der Waals surface area contributed by atoms with Crippen molar-refractivity contribution >= 4 is 68.6 Å². The zero-order chi connectivity index (χ0) is 46.9. The summed E-state index contributed by atoms with van der Waals surface area (Å²) in [5.74, 6) is -0.169. The molecule has 5 heteroatoms. The predicted molar refractivity (Wildman–Crippen MR) is 287 cm³/mol. The topological polar surface area (TPSA) is 9.72 Å². The van der Waals surface area contributed by atoms with Gasteiger partial charge in [-0.3, -0.25) is 0 Å². The van der Waals surface area contributed by atoms with Crippen molar-refractivity contribution in [1.82, 2.24) is 0 Å². The number of benzene rings is 8. The summed E-state index contributed by atoms with van der Waals surface area (Å²) >= 11 is 0. The van der Waals surface area contributed by atoms with Gasteiger partial charge >= 0.3 is 0 Å². The van der Waals surface area contributed by atoms with Gasteiger partial charge in [-0.2, -0.15) is 0 Å². The van der Waals surface area contributed by atoms with Gasteiger partial charge in [-0.05, 0) is 153 Å². The average molecular weight is 888 g/mol. The first-order valence-electron chi connectivity index (χ1n) is 24.6. The van der Waals surface area contributed by atoms with E-state index in [4.69, 9.17) is 0 Å². The quantitative estimate of drug-likeness (QED) is 0.159. The average Bonchev–Trinajstić information content (AvgIpc) is 3.74. The first kappa shape index (κ1) is 42.5. The fourth-order valence-corrected chi connectivity index (χ4v) is 12.4. The molecule has 1 fully saturated rings. The summed E-state index contributed by atoms with van der Waals surface area (Å²) in [6, 6.07) is 64.8. The lowest BCUT2D eigenvalue weighted by Crippen LogP contribution is -2.61. The maximum Gasteiger partial charge on any atom is 0.252 e. The van der Waals surface area contributed by atoms with E-state index in [0.29, 0.717) is 0 Å². The number of hydrogen-bond donors (Lipinski definition) is 0. The van der Waals surface area contributed by atoms with Crippen molar-refractivity contribution in [2.24, 2.45) is 0 Å². The molecule has 0 saturated heterocycles. The smallest absolute Gasteiger partial charge is 0.252 e. The summed E-state index contributed by atoms with van der Waals surface area (Å²) < 4.78 is 15.5. The van der Waals surface area contributed by atoms with Gasteiger partial charge in [0.05, 0.1) is 5.54 Å². The van der Waals surface area contributed by atoms with E-state index in [1.165, 1.54) is 66.8 Å². The molecule has 4 aliphatic rings. The summed E-state index contributed by atoms with van der Waals surface area (Å²) in [5, 5.41) is 0. The van der Waals surface area contributed by atoms with Crippen LogP contribution in [0, 0.1) is 5.82 Å². The molecule has 0 spiro atoms. The summed E-state index contributed by atoms with van der Waals surface area (Å²) in [5.41, 5.74) is 20.9. The highest BCUT2D eigenvalue weighted by molar-refractivity contribution is 7.00. The Labute approximate surface area is 403 Å². The highest BCUT2D eigenvalue weighted by Crippen LogP contribution is 2.63. The fraction of sp³-hybridized carbons (Fsp3) is 0.238. The lowest BCUT2D eigenvalue weighted by Gasteiger charge is -2.47. The van der Waals surface area contributed by atoms with E-state index in [9.17, 15) is 0 Å². The van der Waals surface area contributed by atoms with Gasteiger partial charge in [0, 0.05) is 50.9 Å². The first-order valence-corrected chi connectivity index (χ1v) is 24.6. The van der Waals surface area contributed by atoms with Crippen molar-refractivity contribution in [1.29, 1.82) is 0 Å². The van der Waals surface area contributed by atoms with Crippen molar-refractivity contribution in [3.8, 4) is 22.3 Å². The zero-order valence-corrected chi connectivity index (χ0v) is 40.7. The highest BCUT2D eigenvalue weighted by atomic mass is 19.1. The van der Waals surface area contributed by atoms with E-state index >= 15 is 4.39 Å². The van der Waals surface area contributed by atoms with Crippen molar-refractivity contribution in [2.75, 3.05) is 14.7 Å². The second-order valence-electron chi connectivity index (χ2n) is 22.3. The monoisotopic (exact) mass is 887 g/mol. The number of fused-ring (bicyclic) bond motifs is 7. The number of anilines is 8. The minimum Gasteiger partial charge on any atom is -0.334 e. The predicted octanol–water partition coefficient (Wildman–Crippen LogP) is 15.2. The lowest BCUT2D eigenvalue weighted by atomic mass is 9.33. The van der Waals surface area contributed by atoms with Gasteiger partial charge in [-0.1, -0.05) is 164 Å². The van der Waals surface area contributed by atoms with E-state index in [-0.39, 0.29) is 34.3 Å². The van der Waals surface area contributed by atoms with Gasteiger partial charge in [-0.25, -0.2) is 4.39 Å². The van der Waals surface area contributed by atoms with Gasteiger partial charge in [0.25, 0.3) is 6.71 Å². The minimum absolute atomic E-state index is 0.0583. The van der Waals surface area contributed by atoms with E-state index in [1.807, 2.05) is 12.1 Å². The molecule has 0 bridgehead atoms. The standard InChI is InChI=1S/C63H59BFN3/c1-60(2,3)45-21-15-22-49(36-45)67-56-37-46(61(4,5)6)26-30-52(56)64-53-35-44(42-19-13-10-14-20-42)25-31-55(53)66(48-28-23-43(24-29-48)41-17-11-9-12-18-41)57-39-50(40-58(67)59(57)64)68-54-32-27-47(65)38-51(54)62(7)33-16-34-63(62,68)8/h9-15,17-32,35-40H,16,33-34H2,1-8H3. The van der Waals surface area contributed by atoms with Crippen LogP contribution in [0.3, 0.4) is 0 Å². The van der Waals surface area contributed by atoms with Crippen molar-refractivity contribution in [3.05, 3.63) is 198 Å². The molecule has 0 amide bonds. The fourth-order valence-electron chi connectivity index (χ4n) is 12.4. The normalized spacial score (nSPS) is 19.1. The molecular formula is C63H59BFN3. The summed E-state index contributed by atoms with van der Waals surface area (Å²) in [6.45, 7) is 18.6. The molecule has 2 atom stereocenters. The highest BCUT2D eigenvalue weighted by Gasteiger charge is 2.60. The van der Waals surface area contributed by atoms with Crippen molar-refractivity contribution in [3.63, 3.8) is 0 Å². The van der Waals surface area contributed by atoms with Gasteiger partial charge in [-0.15, -0.1) is 0 Å². The molecule has 8 aromatic carbocycles. The largest absolute Gasteiger partial charge is 0.334 e. The molecule has 8 aromatic rings. The van der Waals surface area contributed by atoms with Crippen LogP contribution in [0.5, 0.6) is 0 Å². The molecule has 3 heterocycles. The molecular weight excluding hydrogens is 829 g/mol. The first-order chi connectivity index (χ1) is 32.6. The molecule has 336 valence electrons. The lowest BCUT2D eigenvalue weighted by molar-refractivity contribution is 0.330. The van der Waals surface area contributed by atoms with Crippen LogP contribution >= 0.6 is 0 Å². The molecule has 3 nitrogen and oxygen atoms in total. The number of nitrogens with zero attached hydrogens (tertiary/aromatic N) is 3. The Kier molecular flexibility index (Phi) is 9.43. The third-order valence-corrected chi connectivity index (χ3v) is 16.3. The molecule has 1 saturated carbocycles. The van der Waals surface area contributed by atoms with Crippen LogP contribution in [0.15, 0.2) is 176 Å². The summed E-state index contributed by atoms with van der Waals surface area (Å²) in [6.07, 6.45) is 3.12. The number of rotatable bonds is 5. The van der Waals surface area contributed by atoms with E-state index in [2.05, 4.69) is 228 Å². The Bertz CT molecular complexity index is 3290. The second kappa shape index (κ2) is 15.1. The number of hydrogen-bond acceptors (Lipinski definition) is 3. The Morgan fingerprint density at radius 1 is 0.456 bits per heavy atom. The van der Waals surface area contributed by atoms with Crippen LogP contribution in [-0.2, 0) is 16.2 Å². The Balaban J connectivity index is 1.20. The molecule has 0 aromatic heterocycles.